The molecule has 43 heavy (non-hydrogen) atoms. The average Bonchev–Trinajstić information content (AvgIpc) is 2.95. The maximum Gasteiger partial charge on any atom is 0.408 e. The van der Waals surface area contributed by atoms with E-state index >= 15 is 0 Å². The first-order valence-electron chi connectivity index (χ1n) is 14.8. The van der Waals surface area contributed by atoms with Crippen molar-refractivity contribution in [1.29, 1.82) is 0 Å². The Bertz CT molecular complexity index is 1200. The number of hydrogen-bond donors (Lipinski definition) is 4. The minimum atomic E-state index is -1.08. The quantitative estimate of drug-likeness (QED) is 0.209. The predicted molar refractivity (Wildman–Crippen MR) is 166 cm³/mol. The third-order valence-electron chi connectivity index (χ3n) is 6.46. The van der Waals surface area contributed by atoms with Crippen LogP contribution in [0, 0.1) is 17.8 Å². The lowest BCUT2D eigenvalue weighted by Crippen LogP contribution is -2.57. The Balaban J connectivity index is 2.13. The Morgan fingerprint density at radius 1 is 0.605 bits per heavy atom. The van der Waals surface area contributed by atoms with Crippen LogP contribution in [0.5, 0.6) is 0 Å². The molecule has 0 aromatic heterocycles. The van der Waals surface area contributed by atoms with Crippen molar-refractivity contribution in [2.75, 3.05) is 5.32 Å². The monoisotopic (exact) mass is 594 g/mol. The Morgan fingerprint density at radius 3 is 1.56 bits per heavy atom. The largest absolute Gasteiger partial charge is 0.445 e. The molecule has 2 aromatic carbocycles. The smallest absolute Gasteiger partial charge is 0.408 e. The molecular weight excluding hydrogens is 548 g/mol. The normalized spacial score (nSPS) is 13.1. The van der Waals surface area contributed by atoms with Crippen molar-refractivity contribution in [3.8, 4) is 0 Å². The van der Waals surface area contributed by atoms with E-state index in [-0.39, 0.29) is 37.2 Å². The molecule has 0 heterocycles. The molecule has 10 nitrogen and oxygen atoms in total. The van der Waals surface area contributed by atoms with E-state index in [1.54, 1.807) is 30.3 Å². The third-order valence-corrected chi connectivity index (χ3v) is 6.46. The van der Waals surface area contributed by atoms with Crippen molar-refractivity contribution >= 4 is 35.3 Å². The van der Waals surface area contributed by atoms with Crippen LogP contribution in [0.4, 0.5) is 10.5 Å². The summed E-state index contributed by atoms with van der Waals surface area (Å²) in [5, 5.41) is 10.7. The van der Waals surface area contributed by atoms with Gasteiger partial charge in [0.1, 0.15) is 18.7 Å². The van der Waals surface area contributed by atoms with Gasteiger partial charge in [-0.2, -0.15) is 0 Å². The van der Waals surface area contributed by atoms with E-state index in [1.165, 1.54) is 0 Å². The van der Waals surface area contributed by atoms with Gasteiger partial charge < -0.3 is 26.0 Å². The number of hydrogen-bond acceptors (Lipinski definition) is 6. The lowest BCUT2D eigenvalue weighted by molar-refractivity contribution is -0.138. The zero-order valence-electron chi connectivity index (χ0n) is 26.0. The maximum absolute atomic E-state index is 13.5. The molecule has 0 fully saturated rings. The molecule has 0 aliphatic heterocycles. The lowest BCUT2D eigenvalue weighted by atomic mass is 9.97. The van der Waals surface area contributed by atoms with Crippen LogP contribution in [-0.2, 0) is 30.5 Å². The summed E-state index contributed by atoms with van der Waals surface area (Å²) in [4.78, 5) is 65.3. The summed E-state index contributed by atoms with van der Waals surface area (Å²) in [5.74, 6) is -2.66. The number of benzene rings is 2. The Kier molecular flexibility index (Phi) is 14.4. The molecule has 2 aromatic rings. The zero-order chi connectivity index (χ0) is 31.9. The maximum atomic E-state index is 13.5. The first-order chi connectivity index (χ1) is 20.3. The molecule has 0 spiro atoms. The van der Waals surface area contributed by atoms with Crippen molar-refractivity contribution in [3.05, 3.63) is 66.2 Å². The minimum absolute atomic E-state index is 0.00145. The highest BCUT2D eigenvalue weighted by Crippen LogP contribution is 2.13. The van der Waals surface area contributed by atoms with Gasteiger partial charge in [-0.25, -0.2) is 4.79 Å². The van der Waals surface area contributed by atoms with Crippen molar-refractivity contribution < 1.29 is 28.7 Å². The number of Topliss-reactive ketones (excluding diaryl/α,β-unsaturated/α-hetero) is 1. The zero-order valence-corrected chi connectivity index (χ0v) is 26.0. The number of nitrogens with one attached hydrogen (secondary N) is 4. The Morgan fingerprint density at radius 2 is 1.05 bits per heavy atom. The van der Waals surface area contributed by atoms with Gasteiger partial charge in [0.05, 0.1) is 6.04 Å². The summed E-state index contributed by atoms with van der Waals surface area (Å²) in [5.41, 5.74) is 1.27. The fraction of sp³-hybridized carbons (Fsp3) is 0.485. The number of ketones is 1. The van der Waals surface area contributed by atoms with Crippen molar-refractivity contribution in [2.24, 2.45) is 17.8 Å². The second kappa shape index (κ2) is 17.7. The second-order valence-corrected chi connectivity index (χ2v) is 12.0. The summed E-state index contributed by atoms with van der Waals surface area (Å²) in [6, 6.07) is 14.7. The number of ether oxygens (including phenoxy) is 1. The van der Waals surface area contributed by atoms with Crippen LogP contribution in [0.1, 0.15) is 66.4 Å². The van der Waals surface area contributed by atoms with Crippen LogP contribution in [0.15, 0.2) is 60.7 Å². The van der Waals surface area contributed by atoms with Crippen LogP contribution < -0.4 is 21.3 Å². The van der Waals surface area contributed by atoms with Crippen LogP contribution in [-0.4, -0.2) is 47.7 Å². The standard InChI is InChI=1S/C33H46N4O6/c1-21(2)17-26(29(38)32(41)34-25-15-11-8-12-16-25)35-30(39)27(18-22(3)4)36-31(40)28(19-23(5)6)37-33(42)43-20-24-13-9-7-10-14-24/h7-16,21-23,26-28H,17-20H2,1-6H3,(H,34,41)(H,35,39)(H,36,40)(H,37,42)/t26-,27-,28-/m0/s1. The molecule has 0 aliphatic rings. The Hall–Kier alpha value is -4.21. The average molecular weight is 595 g/mol. The number of carbonyl (C=O) groups is 5. The van der Waals surface area contributed by atoms with Crippen molar-refractivity contribution in [2.45, 2.75) is 85.5 Å². The van der Waals surface area contributed by atoms with Crippen molar-refractivity contribution in [3.63, 3.8) is 0 Å². The molecule has 0 aliphatic carbocycles. The summed E-state index contributed by atoms with van der Waals surface area (Å²) in [6.45, 7) is 11.4. The molecule has 2 rings (SSSR count). The van der Waals surface area contributed by atoms with Gasteiger partial charge in [0.15, 0.2) is 0 Å². The van der Waals surface area contributed by atoms with Crippen molar-refractivity contribution in [1.82, 2.24) is 16.0 Å². The second-order valence-electron chi connectivity index (χ2n) is 12.0. The van der Waals surface area contributed by atoms with Crippen LogP contribution in [0.25, 0.3) is 0 Å². The fourth-order valence-corrected chi connectivity index (χ4v) is 4.43. The highest BCUT2D eigenvalue weighted by molar-refractivity contribution is 6.42. The van der Waals surface area contributed by atoms with Gasteiger partial charge in [-0.15, -0.1) is 0 Å². The topological polar surface area (TPSA) is 143 Å². The van der Waals surface area contributed by atoms with Gasteiger partial charge in [-0.05, 0) is 54.7 Å². The van der Waals surface area contributed by atoms with E-state index < -0.39 is 47.7 Å². The number of anilines is 1. The summed E-state index contributed by atoms with van der Waals surface area (Å²) in [7, 11) is 0. The van der Waals surface area contributed by atoms with Gasteiger partial charge in [-0.1, -0.05) is 90.1 Å². The number of amides is 4. The molecule has 234 valence electrons. The molecule has 0 saturated heterocycles. The number of para-hydroxylation sites is 1. The summed E-state index contributed by atoms with van der Waals surface area (Å²) < 4.78 is 5.30. The van der Waals surface area contributed by atoms with E-state index in [1.807, 2.05) is 71.9 Å². The molecule has 4 amide bonds. The Labute approximate surface area is 254 Å². The fourth-order valence-electron chi connectivity index (χ4n) is 4.43. The van der Waals surface area contributed by atoms with Gasteiger partial charge in [0.25, 0.3) is 5.91 Å². The van der Waals surface area contributed by atoms with Gasteiger partial charge in [-0.3, -0.25) is 19.2 Å². The van der Waals surface area contributed by atoms with Crippen LogP contribution in [0.2, 0.25) is 0 Å². The van der Waals surface area contributed by atoms with E-state index in [0.29, 0.717) is 12.1 Å². The van der Waals surface area contributed by atoms with Gasteiger partial charge >= 0.3 is 6.09 Å². The molecule has 3 atom stereocenters. The molecule has 10 heteroatoms. The molecule has 0 saturated carbocycles. The highest BCUT2D eigenvalue weighted by Gasteiger charge is 2.33. The third kappa shape index (κ3) is 13.1. The molecular formula is C33H46N4O6. The number of rotatable bonds is 16. The van der Waals surface area contributed by atoms with Crippen LogP contribution >= 0.6 is 0 Å². The number of carbonyl (C=O) groups excluding carboxylic acids is 5. The van der Waals surface area contributed by atoms with E-state index in [9.17, 15) is 24.0 Å². The van der Waals surface area contributed by atoms with E-state index in [4.69, 9.17) is 4.74 Å². The first kappa shape index (κ1) is 35.0. The summed E-state index contributed by atoms with van der Waals surface area (Å²) in [6.07, 6.45) is 0.0843. The van der Waals surface area contributed by atoms with E-state index in [2.05, 4.69) is 21.3 Å². The summed E-state index contributed by atoms with van der Waals surface area (Å²) >= 11 is 0. The lowest BCUT2D eigenvalue weighted by Gasteiger charge is -2.27. The van der Waals surface area contributed by atoms with Crippen LogP contribution in [0.3, 0.4) is 0 Å². The SMILES string of the molecule is CC(C)C[C@H](NC(=O)OCc1ccccc1)C(=O)N[C@@H](CC(C)C)C(=O)N[C@@H](CC(C)C)C(=O)C(=O)Nc1ccccc1. The molecule has 0 bridgehead atoms. The first-order valence-corrected chi connectivity index (χ1v) is 14.8. The predicted octanol–water partition coefficient (Wildman–Crippen LogP) is 4.60. The minimum Gasteiger partial charge on any atom is -0.445 e. The highest BCUT2D eigenvalue weighted by atomic mass is 16.5. The number of alkyl carbamates (subject to hydrolysis) is 1. The molecule has 0 radical (unpaired) electrons. The molecule has 0 unspecified atom stereocenters. The van der Waals surface area contributed by atoms with E-state index in [0.717, 1.165) is 5.56 Å². The van der Waals surface area contributed by atoms with Gasteiger partial charge in [0, 0.05) is 5.69 Å². The molecule has 4 N–H and O–H groups in total. The van der Waals surface area contributed by atoms with Gasteiger partial charge in [0.2, 0.25) is 17.6 Å².